The van der Waals surface area contributed by atoms with Crippen molar-refractivity contribution in [2.24, 2.45) is 11.3 Å². The first-order chi connectivity index (χ1) is 14.4. The van der Waals surface area contributed by atoms with Gasteiger partial charge in [-0.2, -0.15) is 0 Å². The number of hydrogen-bond donors (Lipinski definition) is 3. The number of likely N-dealkylation sites (tertiary alicyclic amines) is 1. The Labute approximate surface area is 176 Å². The zero-order valence-electron chi connectivity index (χ0n) is 17.4. The summed E-state index contributed by atoms with van der Waals surface area (Å²) in [5, 5.41) is 14.0. The third-order valence-electron chi connectivity index (χ3n) is 6.71. The van der Waals surface area contributed by atoms with Crippen molar-refractivity contribution in [2.45, 2.75) is 51.5 Å². The fourth-order valence-electron chi connectivity index (χ4n) is 4.81. The highest BCUT2D eigenvalue weighted by Gasteiger charge is 2.52. The lowest BCUT2D eigenvalue weighted by molar-refractivity contribution is -0.137. The summed E-state index contributed by atoms with van der Waals surface area (Å²) < 4.78 is 0. The van der Waals surface area contributed by atoms with Crippen LogP contribution in [0.25, 0.3) is 0 Å². The van der Waals surface area contributed by atoms with Crippen LogP contribution in [0.1, 0.15) is 51.0 Å². The first-order valence-electron chi connectivity index (χ1n) is 10.7. The molecule has 3 N–H and O–H groups in total. The summed E-state index contributed by atoms with van der Waals surface area (Å²) >= 11 is 0. The van der Waals surface area contributed by atoms with Crippen molar-refractivity contribution < 1.29 is 14.4 Å². The minimum absolute atomic E-state index is 0.0151. The van der Waals surface area contributed by atoms with E-state index in [-0.39, 0.29) is 29.9 Å². The number of amides is 2. The van der Waals surface area contributed by atoms with Crippen LogP contribution in [0.3, 0.4) is 0 Å². The first-order valence-corrected chi connectivity index (χ1v) is 10.7. The van der Waals surface area contributed by atoms with E-state index in [1.165, 1.54) is 45.0 Å². The smallest absolute Gasteiger partial charge is 0.242 e. The van der Waals surface area contributed by atoms with Crippen LogP contribution in [0.2, 0.25) is 0 Å². The number of rotatable bonds is 8. The molecule has 2 saturated carbocycles. The minimum atomic E-state index is -0.418. The average molecular weight is 412 g/mol. The number of carbonyl (C=O) groups excluding carboxylic acids is 3. The SMILES string of the molecule is CC(=O)C(=N)c1ccncc1NCC(=O)N1CCC[C@H]1C(=O)NCC1CC2(CC2)C1. The van der Waals surface area contributed by atoms with E-state index in [9.17, 15) is 14.4 Å². The molecule has 1 aromatic rings. The Morgan fingerprint density at radius 2 is 2.07 bits per heavy atom. The van der Waals surface area contributed by atoms with Gasteiger partial charge in [0.05, 0.1) is 18.4 Å². The van der Waals surface area contributed by atoms with Gasteiger partial charge < -0.3 is 15.5 Å². The maximum Gasteiger partial charge on any atom is 0.242 e. The molecule has 2 aliphatic carbocycles. The van der Waals surface area contributed by atoms with Crippen LogP contribution in [0, 0.1) is 16.7 Å². The van der Waals surface area contributed by atoms with E-state index in [2.05, 4.69) is 15.6 Å². The molecule has 0 unspecified atom stereocenters. The Hall–Kier alpha value is -2.77. The van der Waals surface area contributed by atoms with Gasteiger partial charge in [0.1, 0.15) is 11.8 Å². The summed E-state index contributed by atoms with van der Waals surface area (Å²) in [6.07, 6.45) is 9.65. The van der Waals surface area contributed by atoms with Crippen molar-refractivity contribution in [1.82, 2.24) is 15.2 Å². The van der Waals surface area contributed by atoms with E-state index < -0.39 is 6.04 Å². The molecule has 8 nitrogen and oxygen atoms in total. The van der Waals surface area contributed by atoms with Crippen LogP contribution in [0.4, 0.5) is 5.69 Å². The normalized spacial score (nSPS) is 21.8. The molecule has 3 fully saturated rings. The topological polar surface area (TPSA) is 115 Å². The minimum Gasteiger partial charge on any atom is -0.374 e. The van der Waals surface area contributed by atoms with Gasteiger partial charge in [0.2, 0.25) is 11.8 Å². The monoisotopic (exact) mass is 411 g/mol. The van der Waals surface area contributed by atoms with Crippen LogP contribution in [-0.4, -0.2) is 58.9 Å². The van der Waals surface area contributed by atoms with Gasteiger partial charge >= 0.3 is 0 Å². The zero-order chi connectivity index (χ0) is 21.3. The van der Waals surface area contributed by atoms with Crippen molar-refractivity contribution in [2.75, 3.05) is 25.0 Å². The van der Waals surface area contributed by atoms with Gasteiger partial charge in [-0.05, 0) is 55.9 Å². The number of aromatic nitrogens is 1. The predicted octanol–water partition coefficient (Wildman–Crippen LogP) is 1.75. The fraction of sp³-hybridized carbons (Fsp3) is 0.591. The Morgan fingerprint density at radius 3 is 2.77 bits per heavy atom. The number of nitrogens with zero attached hydrogens (tertiary/aromatic N) is 2. The van der Waals surface area contributed by atoms with Crippen molar-refractivity contribution in [3.05, 3.63) is 24.0 Å². The molecule has 8 heteroatoms. The van der Waals surface area contributed by atoms with Gasteiger partial charge in [0.25, 0.3) is 0 Å². The third-order valence-corrected chi connectivity index (χ3v) is 6.71. The summed E-state index contributed by atoms with van der Waals surface area (Å²) in [6.45, 7) is 2.59. The van der Waals surface area contributed by atoms with Gasteiger partial charge in [-0.15, -0.1) is 0 Å². The first kappa shape index (κ1) is 20.5. The number of carbonyl (C=O) groups is 3. The largest absolute Gasteiger partial charge is 0.374 e. The second-order valence-corrected chi connectivity index (χ2v) is 8.97. The predicted molar refractivity (Wildman–Crippen MR) is 112 cm³/mol. The van der Waals surface area contributed by atoms with Crippen molar-refractivity contribution in [1.29, 1.82) is 5.41 Å². The summed E-state index contributed by atoms with van der Waals surface area (Å²) in [5.41, 5.74) is 1.37. The summed E-state index contributed by atoms with van der Waals surface area (Å²) in [7, 11) is 0. The average Bonchev–Trinajstić information content (AvgIpc) is 3.36. The van der Waals surface area contributed by atoms with Gasteiger partial charge in [0.15, 0.2) is 5.78 Å². The lowest BCUT2D eigenvalue weighted by atomic mass is 9.72. The van der Waals surface area contributed by atoms with Gasteiger partial charge in [0, 0.05) is 31.8 Å². The number of anilines is 1. The van der Waals surface area contributed by atoms with Crippen LogP contribution < -0.4 is 10.6 Å². The molecule has 2 amide bonds. The molecular formula is C22H29N5O3. The zero-order valence-corrected chi connectivity index (χ0v) is 17.4. The molecule has 1 aromatic heterocycles. The van der Waals surface area contributed by atoms with E-state index >= 15 is 0 Å². The second kappa shape index (κ2) is 8.16. The van der Waals surface area contributed by atoms with Crippen LogP contribution in [-0.2, 0) is 14.4 Å². The van der Waals surface area contributed by atoms with Crippen LogP contribution >= 0.6 is 0 Å². The molecule has 160 valence electrons. The van der Waals surface area contributed by atoms with Crippen molar-refractivity contribution in [3.63, 3.8) is 0 Å². The van der Waals surface area contributed by atoms with Crippen molar-refractivity contribution in [3.8, 4) is 0 Å². The maximum absolute atomic E-state index is 12.8. The van der Waals surface area contributed by atoms with E-state index in [1.807, 2.05) is 0 Å². The second-order valence-electron chi connectivity index (χ2n) is 8.97. The molecule has 1 atom stereocenters. The van der Waals surface area contributed by atoms with Crippen molar-refractivity contribution >= 4 is 29.0 Å². The van der Waals surface area contributed by atoms with E-state index in [0.717, 1.165) is 6.42 Å². The Morgan fingerprint density at radius 1 is 1.30 bits per heavy atom. The Balaban J connectivity index is 1.30. The molecule has 1 aliphatic heterocycles. The molecule has 1 spiro atoms. The highest BCUT2D eigenvalue weighted by Crippen LogP contribution is 2.63. The number of Topliss-reactive ketones (excluding diaryl/α,β-unsaturated/α-hetero) is 1. The molecule has 0 radical (unpaired) electrons. The lowest BCUT2D eigenvalue weighted by Gasteiger charge is -2.36. The number of nitrogens with one attached hydrogen (secondary N) is 3. The molecule has 1 saturated heterocycles. The number of ketones is 1. The molecule has 3 aliphatic rings. The van der Waals surface area contributed by atoms with Crippen LogP contribution in [0.15, 0.2) is 18.5 Å². The molecule has 2 heterocycles. The highest BCUT2D eigenvalue weighted by atomic mass is 16.2. The molecule has 4 rings (SSSR count). The quantitative estimate of drug-likeness (QED) is 0.564. The van der Waals surface area contributed by atoms with Gasteiger partial charge in [-0.1, -0.05) is 0 Å². The van der Waals surface area contributed by atoms with Crippen LogP contribution in [0.5, 0.6) is 0 Å². The molecule has 0 aromatic carbocycles. The van der Waals surface area contributed by atoms with E-state index in [0.29, 0.717) is 42.1 Å². The highest BCUT2D eigenvalue weighted by molar-refractivity contribution is 6.45. The van der Waals surface area contributed by atoms with Gasteiger partial charge in [-0.3, -0.25) is 24.8 Å². The number of hydrogen-bond acceptors (Lipinski definition) is 6. The van der Waals surface area contributed by atoms with Gasteiger partial charge in [-0.25, -0.2) is 0 Å². The molecular weight excluding hydrogens is 382 g/mol. The Bertz CT molecular complexity index is 871. The fourth-order valence-corrected chi connectivity index (χ4v) is 4.81. The lowest BCUT2D eigenvalue weighted by Crippen LogP contribution is -2.49. The summed E-state index contributed by atoms with van der Waals surface area (Å²) in [6, 6.07) is 1.16. The van der Waals surface area contributed by atoms with E-state index in [1.54, 1.807) is 11.0 Å². The maximum atomic E-state index is 12.8. The summed E-state index contributed by atoms with van der Waals surface area (Å²) in [5.74, 6) is 0.00518. The standard InChI is InChI=1S/C22H29N5O3/c1-14(28)20(23)16-4-7-24-12-17(16)25-13-19(29)27-8-2-3-18(27)21(30)26-11-15-9-22(10-15)5-6-22/h4,7,12,15,18,23,25H,2-3,5-6,8-11,13H2,1H3,(H,26,30)/t18-/m0/s1. The number of pyridine rings is 1. The third kappa shape index (κ3) is 4.22. The molecule has 0 bridgehead atoms. The Kier molecular flexibility index (Phi) is 5.58. The molecule has 30 heavy (non-hydrogen) atoms. The summed E-state index contributed by atoms with van der Waals surface area (Å²) in [4.78, 5) is 42.7. The van der Waals surface area contributed by atoms with E-state index in [4.69, 9.17) is 5.41 Å².